The third-order valence-electron chi connectivity index (χ3n) is 2.59. The Morgan fingerprint density at radius 3 is 2.00 bits per heavy atom. The average molecular weight is 215 g/mol. The van der Waals surface area contributed by atoms with Gasteiger partial charge in [0.25, 0.3) is 0 Å². The summed E-state index contributed by atoms with van der Waals surface area (Å²) in [5.41, 5.74) is -1.09. The number of hydrogen-bond donors (Lipinski definition) is 2. The molecule has 0 fully saturated rings. The maximum Gasteiger partial charge on any atom is 0.329 e. The summed E-state index contributed by atoms with van der Waals surface area (Å²) in [4.78, 5) is 22.6. The molecule has 4 heteroatoms. The van der Waals surface area contributed by atoms with Gasteiger partial charge in [0.15, 0.2) is 0 Å². The summed E-state index contributed by atoms with van der Waals surface area (Å²) >= 11 is 0. The van der Waals surface area contributed by atoms with Crippen molar-refractivity contribution in [1.29, 1.82) is 0 Å². The van der Waals surface area contributed by atoms with E-state index in [1.165, 1.54) is 0 Å². The van der Waals surface area contributed by atoms with Crippen LogP contribution < -0.4 is 5.32 Å². The summed E-state index contributed by atoms with van der Waals surface area (Å²) < 4.78 is 0. The summed E-state index contributed by atoms with van der Waals surface area (Å²) in [7, 11) is 0. The van der Waals surface area contributed by atoms with E-state index in [0.717, 1.165) is 0 Å². The summed E-state index contributed by atoms with van der Waals surface area (Å²) in [5, 5.41) is 11.7. The molecule has 0 rings (SSSR count). The minimum Gasteiger partial charge on any atom is -0.480 e. The molecule has 0 aliphatic heterocycles. The van der Waals surface area contributed by atoms with Gasteiger partial charge in [-0.3, -0.25) is 4.79 Å². The van der Waals surface area contributed by atoms with Gasteiger partial charge in [-0.25, -0.2) is 4.79 Å². The first-order valence-electron chi connectivity index (χ1n) is 5.42. The van der Waals surface area contributed by atoms with Crippen molar-refractivity contribution in [2.75, 3.05) is 0 Å². The molecule has 0 spiro atoms. The van der Waals surface area contributed by atoms with Crippen molar-refractivity contribution in [3.8, 4) is 0 Å². The van der Waals surface area contributed by atoms with Crippen LogP contribution >= 0.6 is 0 Å². The Hall–Kier alpha value is -1.06. The zero-order valence-corrected chi connectivity index (χ0v) is 9.96. The SMILES string of the molecule is CCC(CC)(NC(=O)CC(C)C)C(=O)O. The lowest BCUT2D eigenvalue weighted by molar-refractivity contribution is -0.148. The van der Waals surface area contributed by atoms with Crippen molar-refractivity contribution in [2.45, 2.75) is 52.5 Å². The van der Waals surface area contributed by atoms with E-state index in [4.69, 9.17) is 5.11 Å². The number of carboxylic acid groups (broad SMARTS) is 1. The molecule has 0 saturated heterocycles. The van der Waals surface area contributed by atoms with Gasteiger partial charge in [-0.2, -0.15) is 0 Å². The highest BCUT2D eigenvalue weighted by Crippen LogP contribution is 2.16. The van der Waals surface area contributed by atoms with Crippen LogP contribution in [0.25, 0.3) is 0 Å². The van der Waals surface area contributed by atoms with E-state index < -0.39 is 11.5 Å². The number of carbonyl (C=O) groups excluding carboxylic acids is 1. The molecule has 2 N–H and O–H groups in total. The molecule has 88 valence electrons. The summed E-state index contributed by atoms with van der Waals surface area (Å²) in [6.07, 6.45) is 1.18. The number of carbonyl (C=O) groups is 2. The molecular formula is C11H21NO3. The van der Waals surface area contributed by atoms with Crippen molar-refractivity contribution in [1.82, 2.24) is 5.32 Å². The summed E-state index contributed by atoms with van der Waals surface area (Å²) in [6.45, 7) is 7.40. The molecule has 4 nitrogen and oxygen atoms in total. The van der Waals surface area contributed by atoms with Crippen LogP contribution in [0.5, 0.6) is 0 Å². The van der Waals surface area contributed by atoms with E-state index >= 15 is 0 Å². The predicted octanol–water partition coefficient (Wildman–Crippen LogP) is 1.79. The highest BCUT2D eigenvalue weighted by molar-refractivity contribution is 5.86. The second kappa shape index (κ2) is 5.73. The van der Waals surface area contributed by atoms with E-state index in [1.54, 1.807) is 13.8 Å². The predicted molar refractivity (Wildman–Crippen MR) is 58.5 cm³/mol. The number of nitrogens with one attached hydrogen (secondary N) is 1. The van der Waals surface area contributed by atoms with Crippen LogP contribution in [0.3, 0.4) is 0 Å². The number of hydrogen-bond acceptors (Lipinski definition) is 2. The van der Waals surface area contributed by atoms with Crippen LogP contribution in [0.1, 0.15) is 47.0 Å². The van der Waals surface area contributed by atoms with E-state index in [0.29, 0.717) is 19.3 Å². The molecule has 0 unspecified atom stereocenters. The van der Waals surface area contributed by atoms with Crippen LogP contribution in [0, 0.1) is 5.92 Å². The van der Waals surface area contributed by atoms with Crippen LogP contribution in [0.15, 0.2) is 0 Å². The van der Waals surface area contributed by atoms with Gasteiger partial charge in [0.05, 0.1) is 0 Å². The second-order valence-corrected chi connectivity index (χ2v) is 4.24. The Labute approximate surface area is 91.1 Å². The molecule has 0 aliphatic rings. The molecular weight excluding hydrogens is 194 g/mol. The largest absolute Gasteiger partial charge is 0.480 e. The minimum atomic E-state index is -1.09. The molecule has 15 heavy (non-hydrogen) atoms. The van der Waals surface area contributed by atoms with Gasteiger partial charge in [-0.05, 0) is 18.8 Å². The Bertz CT molecular complexity index is 232. The van der Waals surface area contributed by atoms with Gasteiger partial charge in [0.2, 0.25) is 5.91 Å². The van der Waals surface area contributed by atoms with E-state index in [-0.39, 0.29) is 11.8 Å². The number of amides is 1. The maximum atomic E-state index is 11.5. The normalized spacial score (nSPS) is 11.5. The number of aliphatic carboxylic acids is 1. The second-order valence-electron chi connectivity index (χ2n) is 4.24. The van der Waals surface area contributed by atoms with Crippen molar-refractivity contribution < 1.29 is 14.7 Å². The molecule has 0 aromatic carbocycles. The lowest BCUT2D eigenvalue weighted by Crippen LogP contribution is -2.53. The first kappa shape index (κ1) is 13.9. The minimum absolute atomic E-state index is 0.184. The number of rotatable bonds is 6. The topological polar surface area (TPSA) is 66.4 Å². The molecule has 0 aromatic heterocycles. The highest BCUT2D eigenvalue weighted by Gasteiger charge is 2.36. The van der Waals surface area contributed by atoms with E-state index in [1.807, 2.05) is 13.8 Å². The van der Waals surface area contributed by atoms with Gasteiger partial charge in [0, 0.05) is 6.42 Å². The maximum absolute atomic E-state index is 11.5. The molecule has 0 aliphatic carbocycles. The van der Waals surface area contributed by atoms with Crippen molar-refractivity contribution in [3.05, 3.63) is 0 Å². The summed E-state index contributed by atoms with van der Waals surface area (Å²) in [6, 6.07) is 0. The molecule has 0 atom stereocenters. The fourth-order valence-corrected chi connectivity index (χ4v) is 1.47. The fraction of sp³-hybridized carbons (Fsp3) is 0.818. The van der Waals surface area contributed by atoms with Gasteiger partial charge in [-0.15, -0.1) is 0 Å². The lowest BCUT2D eigenvalue weighted by Gasteiger charge is -2.28. The molecule has 1 amide bonds. The Morgan fingerprint density at radius 2 is 1.73 bits per heavy atom. The molecule has 0 bridgehead atoms. The first-order chi connectivity index (χ1) is 6.88. The van der Waals surface area contributed by atoms with Gasteiger partial charge in [-0.1, -0.05) is 27.7 Å². The third-order valence-corrected chi connectivity index (χ3v) is 2.59. The molecule has 0 radical (unpaired) electrons. The highest BCUT2D eigenvalue weighted by atomic mass is 16.4. The molecule has 0 aromatic rings. The van der Waals surface area contributed by atoms with Crippen molar-refractivity contribution in [3.63, 3.8) is 0 Å². The standard InChI is InChI=1S/C11H21NO3/c1-5-11(6-2,10(14)15)12-9(13)7-8(3)4/h8H,5-7H2,1-4H3,(H,12,13)(H,14,15). The van der Waals surface area contributed by atoms with Gasteiger partial charge >= 0.3 is 5.97 Å². The fourth-order valence-electron chi connectivity index (χ4n) is 1.47. The number of carboxylic acids is 1. The van der Waals surface area contributed by atoms with Crippen LogP contribution in [-0.2, 0) is 9.59 Å². The zero-order chi connectivity index (χ0) is 12.1. The zero-order valence-electron chi connectivity index (χ0n) is 9.96. The Kier molecular flexibility index (Phi) is 5.33. The van der Waals surface area contributed by atoms with Crippen LogP contribution in [0.4, 0.5) is 0 Å². The first-order valence-corrected chi connectivity index (χ1v) is 5.42. The quantitative estimate of drug-likeness (QED) is 0.710. The summed E-state index contributed by atoms with van der Waals surface area (Å²) in [5.74, 6) is -0.897. The van der Waals surface area contributed by atoms with Crippen molar-refractivity contribution in [2.24, 2.45) is 5.92 Å². The van der Waals surface area contributed by atoms with Gasteiger partial charge in [0.1, 0.15) is 5.54 Å². The Balaban J connectivity index is 4.54. The van der Waals surface area contributed by atoms with Gasteiger partial charge < -0.3 is 10.4 Å². The molecule has 0 heterocycles. The van der Waals surface area contributed by atoms with Crippen molar-refractivity contribution >= 4 is 11.9 Å². The van der Waals surface area contributed by atoms with Crippen LogP contribution in [-0.4, -0.2) is 22.5 Å². The lowest BCUT2D eigenvalue weighted by atomic mass is 9.92. The smallest absolute Gasteiger partial charge is 0.329 e. The average Bonchev–Trinajstić information content (AvgIpc) is 2.12. The molecule has 0 saturated carbocycles. The monoisotopic (exact) mass is 215 g/mol. The van der Waals surface area contributed by atoms with Crippen LogP contribution in [0.2, 0.25) is 0 Å². The van der Waals surface area contributed by atoms with E-state index in [9.17, 15) is 9.59 Å². The van der Waals surface area contributed by atoms with E-state index in [2.05, 4.69) is 5.32 Å². The third kappa shape index (κ3) is 3.90. The Morgan fingerprint density at radius 1 is 1.27 bits per heavy atom.